The van der Waals surface area contributed by atoms with Gasteiger partial charge < -0.3 is 5.73 Å². The van der Waals surface area contributed by atoms with E-state index in [1.165, 1.54) is 12.1 Å². The molecule has 0 saturated heterocycles. The minimum absolute atomic E-state index is 0.119. The molecule has 0 spiro atoms. The lowest BCUT2D eigenvalue weighted by molar-refractivity contribution is 0.327. The molecule has 1 aromatic rings. The van der Waals surface area contributed by atoms with Crippen molar-refractivity contribution in [3.05, 3.63) is 29.6 Å². The molecule has 0 atom stereocenters. The first-order valence-electron chi connectivity index (χ1n) is 6.64. The van der Waals surface area contributed by atoms with Gasteiger partial charge in [0.1, 0.15) is 5.82 Å². The second-order valence-corrected chi connectivity index (χ2v) is 7.53. The molecule has 3 N–H and O–H groups in total. The molecule has 4 nitrogen and oxygen atoms in total. The number of nitrogens with two attached hydrogens (primary N) is 1. The Hall–Kier alpha value is -0.980. The maximum atomic E-state index is 13.0. The van der Waals surface area contributed by atoms with Crippen LogP contribution < -0.4 is 10.5 Å². The summed E-state index contributed by atoms with van der Waals surface area (Å²) in [5.74, 6) is -0.440. The van der Waals surface area contributed by atoms with E-state index in [9.17, 15) is 12.8 Å². The third-order valence-electron chi connectivity index (χ3n) is 3.22. The molecule has 0 radical (unpaired) electrons. The number of nitrogens with one attached hydrogen (secondary N) is 1. The molecule has 0 amide bonds. The molecule has 0 fully saturated rings. The molecule has 0 aliphatic rings. The molecule has 0 bridgehead atoms. The highest BCUT2D eigenvalue weighted by molar-refractivity contribution is 7.89. The van der Waals surface area contributed by atoms with Gasteiger partial charge in [0.15, 0.2) is 0 Å². The summed E-state index contributed by atoms with van der Waals surface area (Å²) < 4.78 is 40.1. The van der Waals surface area contributed by atoms with Crippen molar-refractivity contribution in [2.75, 3.05) is 13.1 Å². The van der Waals surface area contributed by atoms with Crippen molar-refractivity contribution in [2.45, 2.75) is 38.5 Å². The van der Waals surface area contributed by atoms with E-state index in [2.05, 4.69) is 4.72 Å². The Morgan fingerprint density at radius 2 is 2.00 bits per heavy atom. The van der Waals surface area contributed by atoms with Gasteiger partial charge in [0.25, 0.3) is 0 Å². The lowest BCUT2D eigenvalue weighted by atomic mass is 9.88. The van der Waals surface area contributed by atoms with Crippen molar-refractivity contribution in [2.24, 2.45) is 11.1 Å². The quantitative estimate of drug-likeness (QED) is 0.811. The van der Waals surface area contributed by atoms with Crippen LogP contribution in [0.1, 0.15) is 32.3 Å². The minimum atomic E-state index is -3.61. The predicted molar refractivity (Wildman–Crippen MR) is 78.4 cm³/mol. The van der Waals surface area contributed by atoms with Gasteiger partial charge in [0.05, 0.1) is 4.90 Å². The molecule has 0 aromatic heterocycles. The van der Waals surface area contributed by atoms with Gasteiger partial charge in [-0.1, -0.05) is 13.8 Å². The van der Waals surface area contributed by atoms with Crippen molar-refractivity contribution in [3.8, 4) is 0 Å². The molecule has 114 valence electrons. The fourth-order valence-electron chi connectivity index (χ4n) is 1.95. The average molecular weight is 302 g/mol. The van der Waals surface area contributed by atoms with E-state index in [0.29, 0.717) is 18.7 Å². The summed E-state index contributed by atoms with van der Waals surface area (Å²) in [5.41, 5.74) is 5.70. The van der Waals surface area contributed by atoms with Gasteiger partial charge in [-0.25, -0.2) is 17.5 Å². The summed E-state index contributed by atoms with van der Waals surface area (Å²) in [6.07, 6.45) is 1.69. The van der Waals surface area contributed by atoms with E-state index < -0.39 is 15.8 Å². The Kier molecular flexibility index (Phi) is 5.68. The number of hydrogen-bond acceptors (Lipinski definition) is 3. The molecule has 0 aliphatic carbocycles. The molecular formula is C14H23FN2O2S. The number of benzene rings is 1. The summed E-state index contributed by atoms with van der Waals surface area (Å²) in [6, 6.07) is 3.66. The van der Waals surface area contributed by atoms with Gasteiger partial charge in [-0.2, -0.15) is 0 Å². The van der Waals surface area contributed by atoms with Crippen molar-refractivity contribution < 1.29 is 12.8 Å². The highest BCUT2D eigenvalue weighted by Crippen LogP contribution is 2.22. The molecule has 20 heavy (non-hydrogen) atoms. The normalized spacial score (nSPS) is 12.7. The lowest BCUT2D eigenvalue weighted by Gasteiger charge is -2.24. The average Bonchev–Trinajstić information content (AvgIpc) is 2.34. The van der Waals surface area contributed by atoms with Crippen LogP contribution in [0.15, 0.2) is 23.1 Å². The van der Waals surface area contributed by atoms with Crippen LogP contribution in [0, 0.1) is 18.2 Å². The van der Waals surface area contributed by atoms with Gasteiger partial charge in [0.2, 0.25) is 10.0 Å². The van der Waals surface area contributed by atoms with Crippen LogP contribution in [0.4, 0.5) is 4.39 Å². The van der Waals surface area contributed by atoms with Crippen LogP contribution in [0.2, 0.25) is 0 Å². The van der Waals surface area contributed by atoms with Crippen molar-refractivity contribution in [1.82, 2.24) is 4.72 Å². The third kappa shape index (κ3) is 4.85. The Bertz CT molecular complexity index is 556. The number of rotatable bonds is 7. The van der Waals surface area contributed by atoms with Gasteiger partial charge >= 0.3 is 0 Å². The van der Waals surface area contributed by atoms with Crippen LogP contribution in [-0.2, 0) is 10.0 Å². The maximum Gasteiger partial charge on any atom is 0.240 e. The van der Waals surface area contributed by atoms with E-state index >= 15 is 0 Å². The monoisotopic (exact) mass is 302 g/mol. The zero-order chi connectivity index (χ0) is 15.4. The molecule has 0 saturated carbocycles. The van der Waals surface area contributed by atoms with E-state index in [-0.39, 0.29) is 10.3 Å². The predicted octanol–water partition coefficient (Wildman–Crippen LogP) is 2.18. The number of aryl methyl sites for hydroxylation is 1. The third-order valence-corrected chi connectivity index (χ3v) is 4.79. The smallest absolute Gasteiger partial charge is 0.240 e. The van der Waals surface area contributed by atoms with Crippen LogP contribution in [0.3, 0.4) is 0 Å². The van der Waals surface area contributed by atoms with Crippen LogP contribution >= 0.6 is 0 Å². The molecule has 0 unspecified atom stereocenters. The molecule has 0 aliphatic heterocycles. The fraction of sp³-hybridized carbons (Fsp3) is 0.571. The lowest BCUT2D eigenvalue weighted by Crippen LogP contribution is -2.34. The summed E-state index contributed by atoms with van der Waals surface area (Å²) in [5, 5.41) is 0. The Morgan fingerprint density at radius 3 is 2.55 bits per heavy atom. The van der Waals surface area contributed by atoms with E-state index in [1.54, 1.807) is 6.92 Å². The maximum absolute atomic E-state index is 13.0. The summed E-state index contributed by atoms with van der Waals surface area (Å²) in [4.78, 5) is 0.119. The fourth-order valence-corrected chi connectivity index (χ4v) is 3.42. The minimum Gasteiger partial charge on any atom is -0.330 e. The molecule has 1 aromatic carbocycles. The van der Waals surface area contributed by atoms with Gasteiger partial charge in [0, 0.05) is 6.54 Å². The molecule has 6 heteroatoms. The van der Waals surface area contributed by atoms with Crippen LogP contribution in [-0.4, -0.2) is 21.5 Å². The van der Waals surface area contributed by atoms with E-state index in [1.807, 2.05) is 13.8 Å². The van der Waals surface area contributed by atoms with Gasteiger partial charge in [-0.15, -0.1) is 0 Å². The summed E-state index contributed by atoms with van der Waals surface area (Å²) >= 11 is 0. The zero-order valence-corrected chi connectivity index (χ0v) is 13.1. The largest absolute Gasteiger partial charge is 0.330 e. The molecule has 1 rings (SSSR count). The summed E-state index contributed by atoms with van der Waals surface area (Å²) in [7, 11) is -3.61. The first-order chi connectivity index (χ1) is 9.18. The van der Waals surface area contributed by atoms with Crippen LogP contribution in [0.25, 0.3) is 0 Å². The number of sulfonamides is 1. The number of halogens is 1. The Balaban J connectivity index is 2.80. The number of hydrogen-bond donors (Lipinski definition) is 2. The Labute approximate surface area is 120 Å². The van der Waals surface area contributed by atoms with Crippen LogP contribution in [0.5, 0.6) is 0 Å². The molecule has 0 heterocycles. The van der Waals surface area contributed by atoms with E-state index in [0.717, 1.165) is 18.9 Å². The SMILES string of the molecule is Cc1cc(F)ccc1S(=O)(=O)NCC(C)(C)CCCN. The van der Waals surface area contributed by atoms with Gasteiger partial charge in [-0.05, 0) is 55.5 Å². The Morgan fingerprint density at radius 1 is 1.35 bits per heavy atom. The highest BCUT2D eigenvalue weighted by Gasteiger charge is 2.23. The highest BCUT2D eigenvalue weighted by atomic mass is 32.2. The van der Waals surface area contributed by atoms with Crippen molar-refractivity contribution >= 4 is 10.0 Å². The second-order valence-electron chi connectivity index (χ2n) is 5.79. The zero-order valence-electron chi connectivity index (χ0n) is 12.2. The van der Waals surface area contributed by atoms with Crippen molar-refractivity contribution in [3.63, 3.8) is 0 Å². The molecular weight excluding hydrogens is 279 g/mol. The first kappa shape index (κ1) is 17.1. The van der Waals surface area contributed by atoms with Crippen molar-refractivity contribution in [1.29, 1.82) is 0 Å². The summed E-state index contributed by atoms with van der Waals surface area (Å²) in [6.45, 7) is 6.47. The standard InChI is InChI=1S/C14H23FN2O2S/c1-11-9-12(15)5-6-13(11)20(18,19)17-10-14(2,3)7-4-8-16/h5-6,9,17H,4,7-8,10,16H2,1-3H3. The van der Waals surface area contributed by atoms with Gasteiger partial charge in [-0.3, -0.25) is 0 Å². The second kappa shape index (κ2) is 6.65. The van der Waals surface area contributed by atoms with E-state index in [4.69, 9.17) is 5.73 Å². The topological polar surface area (TPSA) is 72.2 Å². The first-order valence-corrected chi connectivity index (χ1v) is 8.12.